The third-order valence-electron chi connectivity index (χ3n) is 7.49. The number of nitro benzene ring substituents is 1. The molecule has 0 unspecified atom stereocenters. The summed E-state index contributed by atoms with van der Waals surface area (Å²) in [6, 6.07) is 20.5. The second-order valence-corrected chi connectivity index (χ2v) is 10.9. The quantitative estimate of drug-likeness (QED) is 0.163. The van der Waals surface area contributed by atoms with E-state index in [-0.39, 0.29) is 17.4 Å². The van der Waals surface area contributed by atoms with Crippen molar-refractivity contribution in [3.05, 3.63) is 88.0 Å². The van der Waals surface area contributed by atoms with Crippen molar-refractivity contribution in [2.24, 2.45) is 0 Å². The summed E-state index contributed by atoms with van der Waals surface area (Å²) in [4.78, 5) is 19.7. The number of hydrogen-bond acceptors (Lipinski definition) is 8. The first-order valence-corrected chi connectivity index (χ1v) is 13.8. The van der Waals surface area contributed by atoms with E-state index in [0.29, 0.717) is 38.9 Å². The van der Waals surface area contributed by atoms with Crippen molar-refractivity contribution >= 4 is 38.0 Å². The number of nitrogens with zero attached hydrogens (tertiary/aromatic N) is 6. The number of aryl methyl sites for hydroxylation is 2. The molecule has 0 spiro atoms. The van der Waals surface area contributed by atoms with Crippen molar-refractivity contribution in [1.29, 1.82) is 0 Å². The van der Waals surface area contributed by atoms with Gasteiger partial charge in [0.25, 0.3) is 11.5 Å². The first kappa shape index (κ1) is 23.0. The Morgan fingerprint density at radius 2 is 1.73 bits per heavy atom. The van der Waals surface area contributed by atoms with Gasteiger partial charge in [0.05, 0.1) is 15.0 Å². The Kier molecular flexibility index (Phi) is 5.08. The molecule has 0 fully saturated rings. The molecule has 1 aliphatic carbocycles. The van der Waals surface area contributed by atoms with Gasteiger partial charge in [-0.15, -0.1) is 0 Å². The van der Waals surface area contributed by atoms with E-state index in [2.05, 4.69) is 12.1 Å². The average molecular weight is 550 g/mol. The maximum absolute atomic E-state index is 11.8. The largest absolute Gasteiger partial charge is 0.454 e. The Morgan fingerprint density at radius 3 is 2.58 bits per heavy atom. The summed E-state index contributed by atoms with van der Waals surface area (Å²) < 4.78 is 12.2. The van der Waals surface area contributed by atoms with Crippen molar-refractivity contribution in [2.45, 2.75) is 25.7 Å². The van der Waals surface area contributed by atoms with E-state index < -0.39 is 0 Å². The van der Waals surface area contributed by atoms with Crippen LogP contribution in [0.25, 0.3) is 43.2 Å². The monoisotopic (exact) mass is 549 g/mol. The zero-order valence-electron chi connectivity index (χ0n) is 21.1. The fraction of sp³-hybridized carbons (Fsp3) is 0.172. The maximum Gasteiger partial charge on any atom is 0.365 e. The molecule has 11 heteroatoms. The highest BCUT2D eigenvalue weighted by Gasteiger charge is 2.28. The minimum Gasteiger partial charge on any atom is -0.454 e. The molecular weight excluding hydrogens is 528 g/mol. The number of rotatable bonds is 4. The van der Waals surface area contributed by atoms with Gasteiger partial charge in [-0.3, -0.25) is 10.1 Å². The van der Waals surface area contributed by atoms with Crippen LogP contribution in [-0.4, -0.2) is 31.7 Å². The van der Waals surface area contributed by atoms with E-state index in [9.17, 15) is 10.1 Å². The van der Waals surface area contributed by atoms with Crippen LogP contribution in [0.5, 0.6) is 11.5 Å². The topological polar surface area (TPSA) is 109 Å². The molecule has 0 N–H and O–H groups in total. The van der Waals surface area contributed by atoms with Gasteiger partial charge in [0.15, 0.2) is 17.0 Å². The number of thiazole rings is 1. The molecule has 8 rings (SSSR count). The van der Waals surface area contributed by atoms with Gasteiger partial charge in [0, 0.05) is 22.1 Å². The molecule has 10 nitrogen and oxygen atoms in total. The molecule has 40 heavy (non-hydrogen) atoms. The molecule has 0 atom stereocenters. The van der Waals surface area contributed by atoms with Crippen molar-refractivity contribution in [3.63, 3.8) is 0 Å². The van der Waals surface area contributed by atoms with E-state index >= 15 is 0 Å². The van der Waals surface area contributed by atoms with Crippen molar-refractivity contribution in [1.82, 2.24) is 20.0 Å². The molecule has 6 aromatic rings. The SMILES string of the molecule is O=[N+]([O-])c1ccc(-n2nc(-c3ccc4c(c3)OCO4)n[n+]2-c2nc3cc4c(cc3s2)CCCC4)c2ccccc12. The van der Waals surface area contributed by atoms with E-state index in [1.165, 1.54) is 30.0 Å². The molecule has 0 saturated heterocycles. The Balaban J connectivity index is 1.35. The van der Waals surface area contributed by atoms with Crippen LogP contribution in [0, 0.1) is 10.1 Å². The van der Waals surface area contributed by atoms with Crippen LogP contribution >= 0.6 is 11.3 Å². The number of aromatic nitrogens is 5. The predicted molar refractivity (Wildman–Crippen MR) is 148 cm³/mol. The third kappa shape index (κ3) is 3.62. The van der Waals surface area contributed by atoms with Gasteiger partial charge in [-0.25, -0.2) is 0 Å². The number of tetrazole rings is 1. The summed E-state index contributed by atoms with van der Waals surface area (Å²) in [5, 5.41) is 23.4. The minimum atomic E-state index is -0.366. The van der Waals surface area contributed by atoms with Crippen LogP contribution in [0.1, 0.15) is 24.0 Å². The van der Waals surface area contributed by atoms with Crippen molar-refractivity contribution in [3.8, 4) is 33.7 Å². The lowest BCUT2D eigenvalue weighted by Gasteiger charge is -2.14. The van der Waals surface area contributed by atoms with Gasteiger partial charge >= 0.3 is 5.13 Å². The Hall–Kier alpha value is -4.90. The van der Waals surface area contributed by atoms with Crippen LogP contribution in [0.2, 0.25) is 0 Å². The van der Waals surface area contributed by atoms with Crippen LogP contribution < -0.4 is 14.3 Å². The van der Waals surface area contributed by atoms with Gasteiger partial charge in [0.2, 0.25) is 6.79 Å². The first-order valence-electron chi connectivity index (χ1n) is 13.0. The maximum atomic E-state index is 11.8. The number of non-ortho nitro benzene ring substituents is 1. The molecular formula is C29H21N6O4S+. The summed E-state index contributed by atoms with van der Waals surface area (Å²) in [6.07, 6.45) is 4.57. The summed E-state index contributed by atoms with van der Waals surface area (Å²) in [6.45, 7) is 0.172. The molecule has 4 aromatic carbocycles. The van der Waals surface area contributed by atoms with Crippen LogP contribution in [0.3, 0.4) is 0 Å². The van der Waals surface area contributed by atoms with E-state index in [4.69, 9.17) is 24.7 Å². The average Bonchev–Trinajstić information content (AvgIpc) is 3.72. The van der Waals surface area contributed by atoms with Crippen LogP contribution in [-0.2, 0) is 12.8 Å². The number of hydrogen-bond donors (Lipinski definition) is 0. The number of nitro groups is 1. The van der Waals surface area contributed by atoms with Gasteiger partial charge in [-0.05, 0) is 94.0 Å². The highest BCUT2D eigenvalue weighted by atomic mass is 32.1. The first-order chi connectivity index (χ1) is 19.6. The molecule has 196 valence electrons. The summed E-state index contributed by atoms with van der Waals surface area (Å²) in [5.41, 5.74) is 5.12. The zero-order valence-corrected chi connectivity index (χ0v) is 21.9. The zero-order chi connectivity index (χ0) is 26.8. The molecule has 3 heterocycles. The number of fused-ring (bicyclic) bond motifs is 4. The molecule has 0 amide bonds. The Bertz CT molecular complexity index is 1960. The lowest BCUT2D eigenvalue weighted by atomic mass is 9.92. The smallest absolute Gasteiger partial charge is 0.365 e. The van der Waals surface area contributed by atoms with Crippen LogP contribution in [0.4, 0.5) is 5.69 Å². The fourth-order valence-electron chi connectivity index (χ4n) is 5.54. The highest BCUT2D eigenvalue weighted by Crippen LogP contribution is 2.36. The second-order valence-electron chi connectivity index (χ2n) is 9.87. The molecule has 0 bridgehead atoms. The predicted octanol–water partition coefficient (Wildman–Crippen LogP) is 5.49. The van der Waals surface area contributed by atoms with E-state index in [1.807, 2.05) is 30.3 Å². The molecule has 1 aliphatic heterocycles. The molecule has 2 aromatic heterocycles. The van der Waals surface area contributed by atoms with Gasteiger partial charge in [-0.2, -0.15) is 0 Å². The van der Waals surface area contributed by atoms with Crippen molar-refractivity contribution < 1.29 is 19.2 Å². The Labute approximate surface area is 231 Å². The summed E-state index contributed by atoms with van der Waals surface area (Å²) >= 11 is 1.55. The van der Waals surface area contributed by atoms with Gasteiger partial charge in [-0.1, -0.05) is 34.5 Å². The molecule has 0 radical (unpaired) electrons. The number of ether oxygens (including phenoxy) is 2. The second kappa shape index (κ2) is 8.82. The Morgan fingerprint density at radius 1 is 0.925 bits per heavy atom. The highest BCUT2D eigenvalue weighted by molar-refractivity contribution is 7.20. The standard InChI is InChI=1S/C29H21N6O4S/c36-35(37)24-11-10-23(20-7-3-4-8-21(20)24)33-31-28(19-9-12-25-26(14-19)39-16-38-25)32-34(33)29-30-22-13-17-5-1-2-6-18(17)15-27(22)40-29/h3-4,7-15H,1-2,5-6,16H2/q+1. The third-order valence-corrected chi connectivity index (χ3v) is 8.48. The normalized spacial score (nSPS) is 14.1. The van der Waals surface area contributed by atoms with Gasteiger partial charge in [0.1, 0.15) is 5.69 Å². The van der Waals surface area contributed by atoms with Gasteiger partial charge < -0.3 is 9.47 Å². The summed E-state index contributed by atoms with van der Waals surface area (Å²) in [5.74, 6) is 1.76. The van der Waals surface area contributed by atoms with E-state index in [1.54, 1.807) is 39.1 Å². The lowest BCUT2D eigenvalue weighted by Crippen LogP contribution is -2.43. The number of benzene rings is 4. The minimum absolute atomic E-state index is 0.0348. The lowest BCUT2D eigenvalue weighted by molar-refractivity contribution is -0.733. The molecule has 2 aliphatic rings. The van der Waals surface area contributed by atoms with E-state index in [0.717, 1.165) is 28.6 Å². The molecule has 0 saturated carbocycles. The van der Waals surface area contributed by atoms with Crippen molar-refractivity contribution in [2.75, 3.05) is 6.79 Å². The van der Waals surface area contributed by atoms with Crippen LogP contribution in [0.15, 0.2) is 66.7 Å². The summed E-state index contributed by atoms with van der Waals surface area (Å²) in [7, 11) is 0. The fourth-order valence-corrected chi connectivity index (χ4v) is 6.50.